The van der Waals surface area contributed by atoms with E-state index in [9.17, 15) is 14.3 Å². The molecule has 0 fully saturated rings. The Bertz CT molecular complexity index is 803. The number of rotatable bonds is 5. The van der Waals surface area contributed by atoms with Crippen LogP contribution < -0.4 is 0 Å². The number of nitrogens with zero attached hydrogens (tertiary/aromatic N) is 4. The molecule has 0 bridgehead atoms. The van der Waals surface area contributed by atoms with Crippen molar-refractivity contribution in [2.75, 3.05) is 20.6 Å². The van der Waals surface area contributed by atoms with Gasteiger partial charge in [0.15, 0.2) is 0 Å². The molecule has 140 valence electrons. The summed E-state index contributed by atoms with van der Waals surface area (Å²) in [6.07, 6.45) is -0.895. The maximum atomic E-state index is 14.1. The fourth-order valence-corrected chi connectivity index (χ4v) is 3.11. The zero-order valence-electron chi connectivity index (χ0n) is 15.4. The van der Waals surface area contributed by atoms with Crippen molar-refractivity contribution in [2.45, 2.75) is 39.1 Å². The first-order valence-corrected chi connectivity index (χ1v) is 8.75. The predicted octanol–water partition coefficient (Wildman–Crippen LogP) is 1.86. The van der Waals surface area contributed by atoms with Gasteiger partial charge in [0.25, 0.3) is 0 Å². The molecule has 0 aliphatic carbocycles. The van der Waals surface area contributed by atoms with Crippen LogP contribution in [0.25, 0.3) is 0 Å². The zero-order chi connectivity index (χ0) is 18.8. The SMILES string of the molecule is Cc1ccc(CN2CCn3nc([C@H](O)CC(=O)N(C)C)cc3C2)c(F)c1. The van der Waals surface area contributed by atoms with E-state index in [1.54, 1.807) is 20.2 Å². The highest BCUT2D eigenvalue weighted by atomic mass is 19.1. The van der Waals surface area contributed by atoms with Gasteiger partial charge in [0, 0.05) is 39.3 Å². The van der Waals surface area contributed by atoms with Crippen molar-refractivity contribution in [3.63, 3.8) is 0 Å². The maximum absolute atomic E-state index is 14.1. The Balaban J connectivity index is 1.67. The smallest absolute Gasteiger partial charge is 0.225 e. The van der Waals surface area contributed by atoms with E-state index in [0.717, 1.165) is 17.8 Å². The summed E-state index contributed by atoms with van der Waals surface area (Å²) in [6.45, 7) is 4.48. The molecule has 1 aliphatic rings. The van der Waals surface area contributed by atoms with Crippen LogP contribution in [0.15, 0.2) is 24.3 Å². The van der Waals surface area contributed by atoms with Gasteiger partial charge in [-0.15, -0.1) is 0 Å². The number of amides is 1. The highest BCUT2D eigenvalue weighted by molar-refractivity contribution is 5.76. The molecule has 6 nitrogen and oxygen atoms in total. The van der Waals surface area contributed by atoms with Crippen molar-refractivity contribution in [3.8, 4) is 0 Å². The van der Waals surface area contributed by atoms with Gasteiger partial charge in [0.2, 0.25) is 5.91 Å². The van der Waals surface area contributed by atoms with Crippen molar-refractivity contribution >= 4 is 5.91 Å². The molecule has 1 aromatic heterocycles. The molecular formula is C19H25FN4O2. The van der Waals surface area contributed by atoms with Gasteiger partial charge in [0.05, 0.1) is 24.4 Å². The van der Waals surface area contributed by atoms with Crippen LogP contribution in [0.3, 0.4) is 0 Å². The van der Waals surface area contributed by atoms with Gasteiger partial charge in [-0.25, -0.2) is 4.39 Å². The second kappa shape index (κ2) is 7.55. The molecule has 2 heterocycles. The molecule has 0 spiro atoms. The van der Waals surface area contributed by atoms with E-state index >= 15 is 0 Å². The summed E-state index contributed by atoms with van der Waals surface area (Å²) in [5.74, 6) is -0.317. The third kappa shape index (κ3) is 4.11. The predicted molar refractivity (Wildman–Crippen MR) is 95.7 cm³/mol. The molecule has 0 saturated heterocycles. The van der Waals surface area contributed by atoms with E-state index < -0.39 is 6.10 Å². The number of aliphatic hydroxyl groups excluding tert-OH is 1. The number of carbonyl (C=O) groups is 1. The molecule has 26 heavy (non-hydrogen) atoms. The van der Waals surface area contributed by atoms with Gasteiger partial charge in [0.1, 0.15) is 11.9 Å². The van der Waals surface area contributed by atoms with Crippen molar-refractivity contribution in [2.24, 2.45) is 0 Å². The maximum Gasteiger partial charge on any atom is 0.225 e. The molecule has 7 heteroatoms. The molecule has 1 N–H and O–H groups in total. The number of carbonyl (C=O) groups excluding carboxylic acids is 1. The fourth-order valence-electron chi connectivity index (χ4n) is 3.11. The number of hydrogen-bond acceptors (Lipinski definition) is 4. The number of aromatic nitrogens is 2. The number of fused-ring (bicyclic) bond motifs is 1. The first kappa shape index (κ1) is 18.5. The summed E-state index contributed by atoms with van der Waals surface area (Å²) in [6, 6.07) is 7.15. The molecule has 0 saturated carbocycles. The molecular weight excluding hydrogens is 335 g/mol. The molecule has 1 atom stereocenters. The monoisotopic (exact) mass is 360 g/mol. The highest BCUT2D eigenvalue weighted by Crippen LogP contribution is 2.22. The summed E-state index contributed by atoms with van der Waals surface area (Å²) in [5.41, 5.74) is 3.07. The first-order chi connectivity index (χ1) is 12.3. The average Bonchev–Trinajstić information content (AvgIpc) is 3.00. The van der Waals surface area contributed by atoms with Gasteiger partial charge >= 0.3 is 0 Å². The summed E-state index contributed by atoms with van der Waals surface area (Å²) < 4.78 is 15.9. The van der Waals surface area contributed by atoms with Crippen LogP contribution in [0.4, 0.5) is 4.39 Å². The van der Waals surface area contributed by atoms with Crippen LogP contribution in [0.5, 0.6) is 0 Å². The molecule has 3 rings (SSSR count). The Labute approximate surface area is 152 Å². The second-order valence-corrected chi connectivity index (χ2v) is 7.10. The molecule has 1 aliphatic heterocycles. The number of aryl methyl sites for hydroxylation is 1. The van der Waals surface area contributed by atoms with Gasteiger partial charge in [-0.05, 0) is 24.6 Å². The average molecular weight is 360 g/mol. The van der Waals surface area contributed by atoms with Crippen molar-refractivity contribution in [1.82, 2.24) is 19.6 Å². The molecule has 0 radical (unpaired) electrons. The van der Waals surface area contributed by atoms with E-state index in [4.69, 9.17) is 0 Å². The summed E-state index contributed by atoms with van der Waals surface area (Å²) in [5, 5.41) is 14.7. The second-order valence-electron chi connectivity index (χ2n) is 7.10. The summed E-state index contributed by atoms with van der Waals surface area (Å²) >= 11 is 0. The van der Waals surface area contributed by atoms with E-state index in [1.807, 2.05) is 29.8 Å². The summed E-state index contributed by atoms with van der Waals surface area (Å²) in [4.78, 5) is 15.4. The molecule has 1 aromatic carbocycles. The Morgan fingerprint density at radius 3 is 2.81 bits per heavy atom. The zero-order valence-corrected chi connectivity index (χ0v) is 15.4. The third-order valence-electron chi connectivity index (χ3n) is 4.71. The molecule has 0 unspecified atom stereocenters. The minimum absolute atomic E-state index is 0.0156. The topological polar surface area (TPSA) is 61.6 Å². The Morgan fingerprint density at radius 1 is 1.35 bits per heavy atom. The van der Waals surface area contributed by atoms with E-state index in [1.165, 1.54) is 4.90 Å². The number of halogens is 1. The van der Waals surface area contributed by atoms with Gasteiger partial charge in [-0.2, -0.15) is 5.10 Å². The number of hydrogen-bond donors (Lipinski definition) is 1. The van der Waals surface area contributed by atoms with Crippen LogP contribution in [0.2, 0.25) is 0 Å². The van der Waals surface area contributed by atoms with Crippen LogP contribution in [0.1, 0.15) is 35.0 Å². The van der Waals surface area contributed by atoms with E-state index in [2.05, 4.69) is 10.00 Å². The van der Waals surface area contributed by atoms with Gasteiger partial charge in [-0.1, -0.05) is 12.1 Å². The minimum atomic E-state index is -0.911. The standard InChI is InChI=1S/C19H25FN4O2/c1-13-4-5-14(16(20)8-13)11-23-6-7-24-15(12-23)9-17(21-24)18(25)10-19(26)22(2)3/h4-5,8-9,18,25H,6-7,10-12H2,1-3H3/t18-/m1/s1. The Hall–Kier alpha value is -2.25. The molecule has 2 aromatic rings. The van der Waals surface area contributed by atoms with Gasteiger partial charge < -0.3 is 10.0 Å². The van der Waals surface area contributed by atoms with E-state index in [0.29, 0.717) is 30.9 Å². The fraction of sp³-hybridized carbons (Fsp3) is 0.474. The third-order valence-corrected chi connectivity index (χ3v) is 4.71. The first-order valence-electron chi connectivity index (χ1n) is 8.75. The van der Waals surface area contributed by atoms with Crippen LogP contribution >= 0.6 is 0 Å². The van der Waals surface area contributed by atoms with Crippen molar-refractivity contribution in [3.05, 3.63) is 52.6 Å². The lowest BCUT2D eigenvalue weighted by Crippen LogP contribution is -2.33. The highest BCUT2D eigenvalue weighted by Gasteiger charge is 2.23. The van der Waals surface area contributed by atoms with Gasteiger partial charge in [-0.3, -0.25) is 14.4 Å². The number of benzene rings is 1. The van der Waals surface area contributed by atoms with Crippen molar-refractivity contribution < 1.29 is 14.3 Å². The van der Waals surface area contributed by atoms with Crippen molar-refractivity contribution in [1.29, 1.82) is 0 Å². The normalized spacial score (nSPS) is 15.6. The Kier molecular flexibility index (Phi) is 5.38. The lowest BCUT2D eigenvalue weighted by molar-refractivity contribution is -0.130. The van der Waals surface area contributed by atoms with Crippen LogP contribution in [0, 0.1) is 12.7 Å². The largest absolute Gasteiger partial charge is 0.386 e. The van der Waals surface area contributed by atoms with E-state index in [-0.39, 0.29) is 18.1 Å². The van der Waals surface area contributed by atoms with Crippen LogP contribution in [-0.4, -0.2) is 51.2 Å². The minimum Gasteiger partial charge on any atom is -0.386 e. The lowest BCUT2D eigenvalue weighted by atomic mass is 10.1. The number of aliphatic hydroxyl groups is 1. The Morgan fingerprint density at radius 2 is 2.12 bits per heavy atom. The molecule has 1 amide bonds. The summed E-state index contributed by atoms with van der Waals surface area (Å²) in [7, 11) is 3.32. The van der Waals surface area contributed by atoms with Crippen LogP contribution in [-0.2, 0) is 24.4 Å². The lowest BCUT2D eigenvalue weighted by Gasteiger charge is -2.27. The quantitative estimate of drug-likeness (QED) is 0.884.